The summed E-state index contributed by atoms with van der Waals surface area (Å²) in [4.78, 5) is 2.43. The van der Waals surface area contributed by atoms with Gasteiger partial charge in [0.2, 0.25) is 0 Å². The van der Waals surface area contributed by atoms with E-state index in [2.05, 4.69) is 229 Å². The smallest absolute Gasteiger partial charge is 0.0546 e. The monoisotopic (exact) mass is 699 g/mol. The Morgan fingerprint density at radius 3 is 1.02 bits per heavy atom. The molecule has 0 aliphatic carbocycles. The van der Waals surface area contributed by atoms with Crippen LogP contribution >= 0.6 is 0 Å². The number of hydrogen-bond acceptors (Lipinski definition) is 1. The highest BCUT2D eigenvalue weighted by atomic mass is 15.1. The summed E-state index contributed by atoms with van der Waals surface area (Å²) in [7, 11) is 0. The van der Waals surface area contributed by atoms with E-state index in [-0.39, 0.29) is 0 Å². The van der Waals surface area contributed by atoms with Crippen molar-refractivity contribution in [3.63, 3.8) is 0 Å². The van der Waals surface area contributed by atoms with Crippen molar-refractivity contribution in [1.29, 1.82) is 0 Å². The van der Waals surface area contributed by atoms with Crippen molar-refractivity contribution >= 4 is 49.4 Å². The van der Waals surface area contributed by atoms with Crippen LogP contribution in [0.25, 0.3) is 76.8 Å². The van der Waals surface area contributed by atoms with Crippen LogP contribution in [0.15, 0.2) is 224 Å². The third-order valence-electron chi connectivity index (χ3n) is 10.9. The predicted octanol–water partition coefficient (Wildman–Crippen LogP) is 15.3. The number of rotatable bonds is 7. The molecule has 10 rings (SSSR count). The molecule has 0 radical (unpaired) electrons. The summed E-state index contributed by atoms with van der Waals surface area (Å²) in [6.07, 6.45) is 0. The van der Waals surface area contributed by atoms with Gasteiger partial charge in [0, 0.05) is 16.8 Å². The molecular formula is C54H37N. The van der Waals surface area contributed by atoms with Gasteiger partial charge < -0.3 is 4.90 Å². The van der Waals surface area contributed by atoms with Crippen LogP contribution < -0.4 is 4.90 Å². The molecule has 0 saturated carbocycles. The van der Waals surface area contributed by atoms with Crippen LogP contribution in [0, 0.1) is 0 Å². The second-order valence-electron chi connectivity index (χ2n) is 14.1. The van der Waals surface area contributed by atoms with E-state index in [4.69, 9.17) is 0 Å². The lowest BCUT2D eigenvalue weighted by Gasteiger charge is -2.28. The third-order valence-corrected chi connectivity index (χ3v) is 10.9. The van der Waals surface area contributed by atoms with E-state index in [1.807, 2.05) is 0 Å². The van der Waals surface area contributed by atoms with Gasteiger partial charge in [0.1, 0.15) is 0 Å². The summed E-state index contributed by atoms with van der Waals surface area (Å²) in [5.41, 5.74) is 13.1. The van der Waals surface area contributed by atoms with Crippen molar-refractivity contribution < 1.29 is 0 Å². The fourth-order valence-corrected chi connectivity index (χ4v) is 8.12. The van der Waals surface area contributed by atoms with Gasteiger partial charge >= 0.3 is 0 Å². The molecule has 0 aliphatic rings. The molecule has 10 aromatic carbocycles. The van der Waals surface area contributed by atoms with Crippen molar-refractivity contribution in [3.05, 3.63) is 224 Å². The standard InChI is InChI=1S/C54H37N/c1-4-14-38(15-5-1)41-24-26-44(27-25-41)51-36-52-49-22-12-13-23-50(49)54(37-53(52)48-21-11-10-20-47(48)51)55(45-32-28-42(29-33-45)39-16-6-2-7-17-39)46-34-30-43(31-35-46)40-18-8-3-9-19-40/h1-37H. The van der Waals surface area contributed by atoms with Gasteiger partial charge in [-0.25, -0.2) is 0 Å². The maximum absolute atomic E-state index is 2.43. The zero-order valence-corrected chi connectivity index (χ0v) is 30.3. The van der Waals surface area contributed by atoms with Crippen LogP contribution in [0.5, 0.6) is 0 Å². The first kappa shape index (κ1) is 32.4. The van der Waals surface area contributed by atoms with Crippen LogP contribution in [-0.4, -0.2) is 0 Å². The van der Waals surface area contributed by atoms with Gasteiger partial charge in [0.05, 0.1) is 5.69 Å². The van der Waals surface area contributed by atoms with E-state index in [1.165, 1.54) is 76.8 Å². The average molecular weight is 700 g/mol. The van der Waals surface area contributed by atoms with E-state index in [9.17, 15) is 0 Å². The molecule has 0 atom stereocenters. The Hall–Kier alpha value is -7.22. The predicted molar refractivity (Wildman–Crippen MR) is 235 cm³/mol. The van der Waals surface area contributed by atoms with E-state index >= 15 is 0 Å². The van der Waals surface area contributed by atoms with Gasteiger partial charge in [0.15, 0.2) is 0 Å². The zero-order chi connectivity index (χ0) is 36.6. The average Bonchev–Trinajstić information content (AvgIpc) is 3.28. The lowest BCUT2D eigenvalue weighted by molar-refractivity contribution is 1.30. The molecule has 55 heavy (non-hydrogen) atoms. The van der Waals surface area contributed by atoms with Gasteiger partial charge in [0.25, 0.3) is 0 Å². The van der Waals surface area contributed by atoms with Gasteiger partial charge in [-0.1, -0.05) is 188 Å². The fraction of sp³-hybridized carbons (Fsp3) is 0. The Morgan fingerprint density at radius 1 is 0.218 bits per heavy atom. The van der Waals surface area contributed by atoms with E-state index in [0.717, 1.165) is 17.1 Å². The molecule has 0 aromatic heterocycles. The van der Waals surface area contributed by atoms with Crippen LogP contribution in [0.2, 0.25) is 0 Å². The Bertz CT molecular complexity index is 2830. The van der Waals surface area contributed by atoms with E-state index in [0.29, 0.717) is 0 Å². The van der Waals surface area contributed by atoms with E-state index in [1.54, 1.807) is 0 Å². The molecule has 0 spiro atoms. The molecule has 0 unspecified atom stereocenters. The minimum absolute atomic E-state index is 1.11. The van der Waals surface area contributed by atoms with Crippen molar-refractivity contribution in [2.24, 2.45) is 0 Å². The molecule has 0 amide bonds. The second-order valence-corrected chi connectivity index (χ2v) is 14.1. The van der Waals surface area contributed by atoms with Crippen molar-refractivity contribution in [2.45, 2.75) is 0 Å². The maximum atomic E-state index is 2.43. The summed E-state index contributed by atoms with van der Waals surface area (Å²) >= 11 is 0. The van der Waals surface area contributed by atoms with Crippen molar-refractivity contribution in [2.75, 3.05) is 4.90 Å². The molecular weight excluding hydrogens is 663 g/mol. The second kappa shape index (κ2) is 14.0. The Labute approximate surface area is 322 Å². The summed E-state index contributed by atoms with van der Waals surface area (Å²) in [5.74, 6) is 0. The largest absolute Gasteiger partial charge is 0.310 e. The Morgan fingerprint density at radius 2 is 0.545 bits per heavy atom. The quantitative estimate of drug-likeness (QED) is 0.150. The fourth-order valence-electron chi connectivity index (χ4n) is 8.12. The summed E-state index contributed by atoms with van der Waals surface area (Å²) in [6, 6.07) is 81.4. The summed E-state index contributed by atoms with van der Waals surface area (Å²) < 4.78 is 0. The van der Waals surface area contributed by atoms with Gasteiger partial charge in [-0.3, -0.25) is 0 Å². The molecule has 0 saturated heterocycles. The van der Waals surface area contributed by atoms with E-state index < -0.39 is 0 Å². The number of benzene rings is 10. The van der Waals surface area contributed by atoms with Crippen LogP contribution in [0.4, 0.5) is 17.1 Å². The highest BCUT2D eigenvalue weighted by molar-refractivity contribution is 6.24. The first-order valence-electron chi connectivity index (χ1n) is 18.9. The van der Waals surface area contributed by atoms with Crippen LogP contribution in [0.1, 0.15) is 0 Å². The highest BCUT2D eigenvalue weighted by Crippen LogP contribution is 2.46. The van der Waals surface area contributed by atoms with Crippen molar-refractivity contribution in [3.8, 4) is 44.5 Å². The molecule has 0 heterocycles. The van der Waals surface area contributed by atoms with Crippen LogP contribution in [0.3, 0.4) is 0 Å². The number of fused-ring (bicyclic) bond motifs is 5. The lowest BCUT2D eigenvalue weighted by atomic mass is 9.89. The lowest BCUT2D eigenvalue weighted by Crippen LogP contribution is -2.10. The van der Waals surface area contributed by atoms with Crippen LogP contribution in [-0.2, 0) is 0 Å². The molecule has 258 valence electrons. The summed E-state index contributed by atoms with van der Waals surface area (Å²) in [5, 5.41) is 7.41. The highest BCUT2D eigenvalue weighted by Gasteiger charge is 2.20. The van der Waals surface area contributed by atoms with Crippen molar-refractivity contribution in [1.82, 2.24) is 0 Å². The summed E-state index contributed by atoms with van der Waals surface area (Å²) in [6.45, 7) is 0. The number of anilines is 3. The molecule has 1 nitrogen and oxygen atoms in total. The first-order chi connectivity index (χ1) is 27.3. The molecule has 10 aromatic rings. The zero-order valence-electron chi connectivity index (χ0n) is 30.3. The molecule has 0 N–H and O–H groups in total. The normalized spacial score (nSPS) is 11.3. The third kappa shape index (κ3) is 6.02. The molecule has 0 bridgehead atoms. The molecule has 1 heteroatoms. The number of hydrogen-bond donors (Lipinski definition) is 0. The SMILES string of the molecule is c1ccc(-c2ccc(-c3cc4c5ccccc5c(N(c5ccc(-c6ccccc6)cc5)c5ccc(-c6ccccc6)cc5)cc4c4ccccc34)cc2)cc1. The Balaban J connectivity index is 1.18. The number of nitrogens with zero attached hydrogens (tertiary/aromatic N) is 1. The maximum Gasteiger partial charge on any atom is 0.0546 e. The first-order valence-corrected chi connectivity index (χ1v) is 18.9. The Kier molecular flexibility index (Phi) is 8.24. The topological polar surface area (TPSA) is 3.24 Å². The van der Waals surface area contributed by atoms with Gasteiger partial charge in [-0.15, -0.1) is 0 Å². The van der Waals surface area contributed by atoms with Gasteiger partial charge in [-0.2, -0.15) is 0 Å². The minimum atomic E-state index is 1.11. The molecule has 0 fully saturated rings. The van der Waals surface area contributed by atoms with Gasteiger partial charge in [-0.05, 0) is 108 Å². The minimum Gasteiger partial charge on any atom is -0.310 e. The molecule has 0 aliphatic heterocycles.